The maximum Gasteiger partial charge on any atom is 3.00 e. The molecule has 0 saturated carbocycles. The summed E-state index contributed by atoms with van der Waals surface area (Å²) in [5.41, 5.74) is 5.32. The molecule has 1 atom stereocenters. The standard InChI is InChI=1S/C20H16F2N2O3.C4H10N2.Y/c21-15-7-6-14(17(22)8-15)9-24-20(26)16-10-23-11-18(19(16)25)27-12-13-4-2-1-3-5-13;1-4(5)3-6-2;/h1-8,10-11H,9,12H2,(H2,23,24,25,26);4,6H,1-3,5H2;/q;-2;+3/p-1. The number of nitrogens with one attached hydrogen (secondary N) is 2. The Balaban J connectivity index is 0.000000735. The summed E-state index contributed by atoms with van der Waals surface area (Å²) in [5.74, 6) is -2.27. The van der Waals surface area contributed by atoms with Gasteiger partial charge in [-0.05, 0) is 18.2 Å². The Labute approximate surface area is 222 Å². The normalized spacial score (nSPS) is 10.9. The largest absolute Gasteiger partial charge is 3.00 e. The summed E-state index contributed by atoms with van der Waals surface area (Å²) in [7, 11) is 3.36. The zero-order valence-corrected chi connectivity index (χ0v) is 21.3. The van der Waals surface area contributed by atoms with Crippen molar-refractivity contribution in [3.05, 3.63) is 113 Å². The van der Waals surface area contributed by atoms with Crippen LogP contribution in [0.5, 0.6) is 5.75 Å². The zero-order valence-electron chi connectivity index (χ0n) is 18.5. The number of pyridine rings is 1. The third-order valence-electron chi connectivity index (χ3n) is 4.21. The van der Waals surface area contributed by atoms with Crippen LogP contribution in [0, 0.1) is 25.6 Å². The van der Waals surface area contributed by atoms with Crippen LogP contribution in [0.2, 0.25) is 0 Å². The van der Waals surface area contributed by atoms with E-state index in [1.165, 1.54) is 12.3 Å². The van der Waals surface area contributed by atoms with E-state index in [2.05, 4.69) is 29.6 Å². The summed E-state index contributed by atoms with van der Waals surface area (Å²) in [5, 5.41) is 5.05. The third-order valence-corrected chi connectivity index (χ3v) is 4.21. The predicted molar refractivity (Wildman–Crippen MR) is 121 cm³/mol. The molecule has 7 nitrogen and oxygen atoms in total. The topological polar surface area (TPSA) is 108 Å². The van der Waals surface area contributed by atoms with Crippen LogP contribution < -0.4 is 31.5 Å². The number of aromatic nitrogens is 1. The molecule has 0 spiro atoms. The number of ether oxygens (including phenoxy) is 1. The van der Waals surface area contributed by atoms with Gasteiger partial charge in [0.1, 0.15) is 24.0 Å². The van der Waals surface area contributed by atoms with Crippen LogP contribution in [0.25, 0.3) is 0 Å². The second kappa shape index (κ2) is 15.4. The van der Waals surface area contributed by atoms with Gasteiger partial charge in [0, 0.05) is 18.2 Å². The SMILES string of the molecule is O=C(NCc1ccc(F)cc1F)c1c[n-]cc(OCc2ccccc2)c1=O.[CH2-]NCC([CH2-])N.[Y+3]. The van der Waals surface area contributed by atoms with E-state index >= 15 is 0 Å². The molecule has 4 N–H and O–H groups in total. The van der Waals surface area contributed by atoms with E-state index in [0.29, 0.717) is 6.54 Å². The molecule has 3 rings (SSSR count). The Kier molecular flexibility index (Phi) is 13.4. The molecule has 176 valence electrons. The van der Waals surface area contributed by atoms with E-state index in [1.807, 2.05) is 30.3 Å². The number of hydrogen-bond acceptors (Lipinski definition) is 5. The molecule has 0 saturated heterocycles. The van der Waals surface area contributed by atoms with Gasteiger partial charge in [0.2, 0.25) is 5.43 Å². The number of halogens is 2. The van der Waals surface area contributed by atoms with Crippen molar-refractivity contribution < 1.29 is 51.0 Å². The number of amides is 1. The molecule has 10 heteroatoms. The van der Waals surface area contributed by atoms with Crippen LogP contribution in [-0.4, -0.2) is 18.5 Å². The summed E-state index contributed by atoms with van der Waals surface area (Å²) in [6.07, 6.45) is 2.36. The second-order valence-corrected chi connectivity index (χ2v) is 6.92. The van der Waals surface area contributed by atoms with Gasteiger partial charge in [-0.1, -0.05) is 36.4 Å². The smallest absolute Gasteiger partial charge is 0.667 e. The minimum atomic E-state index is -0.782. The average molecular weight is 544 g/mol. The number of carbonyl (C=O) groups excluding carboxylic acids is 1. The van der Waals surface area contributed by atoms with Gasteiger partial charge in [-0.25, -0.2) is 8.78 Å². The van der Waals surface area contributed by atoms with E-state index in [0.717, 1.165) is 23.9 Å². The number of nitrogens with two attached hydrogens (primary N) is 1. The third kappa shape index (κ3) is 9.81. The second-order valence-electron chi connectivity index (χ2n) is 6.92. The van der Waals surface area contributed by atoms with E-state index in [1.54, 1.807) is 0 Å². The van der Waals surface area contributed by atoms with E-state index in [-0.39, 0.29) is 68.8 Å². The van der Waals surface area contributed by atoms with Gasteiger partial charge in [0.25, 0.3) is 5.91 Å². The van der Waals surface area contributed by atoms with Crippen LogP contribution in [-0.2, 0) is 45.9 Å². The Bertz CT molecular complexity index is 1100. The molecular formula is C24H25F2N4O3Y. The molecule has 0 aliphatic heterocycles. The van der Waals surface area contributed by atoms with E-state index in [4.69, 9.17) is 10.5 Å². The Morgan fingerprint density at radius 1 is 1.15 bits per heavy atom. The Morgan fingerprint density at radius 2 is 1.85 bits per heavy atom. The summed E-state index contributed by atoms with van der Waals surface area (Å²) < 4.78 is 32.0. The molecule has 1 unspecified atom stereocenters. The predicted octanol–water partition coefficient (Wildman–Crippen LogP) is 2.32. The van der Waals surface area contributed by atoms with Gasteiger partial charge in [-0.15, -0.1) is 12.2 Å². The summed E-state index contributed by atoms with van der Waals surface area (Å²) in [4.78, 5) is 28.5. The van der Waals surface area contributed by atoms with Crippen molar-refractivity contribution in [1.29, 1.82) is 0 Å². The van der Waals surface area contributed by atoms with Gasteiger partial charge in [-0.3, -0.25) is 16.6 Å². The quantitative estimate of drug-likeness (QED) is 0.376. The fourth-order valence-electron chi connectivity index (χ4n) is 2.55. The number of hydrogen-bond donors (Lipinski definition) is 3. The van der Waals surface area contributed by atoms with Crippen LogP contribution in [0.4, 0.5) is 8.78 Å². The number of rotatable bonds is 8. The molecular weight excluding hydrogens is 519 g/mol. The van der Waals surface area contributed by atoms with Gasteiger partial charge >= 0.3 is 32.7 Å². The molecule has 0 fully saturated rings. The first-order valence-corrected chi connectivity index (χ1v) is 9.94. The average Bonchev–Trinajstić information content (AvgIpc) is 2.78. The van der Waals surface area contributed by atoms with Crippen molar-refractivity contribution in [2.45, 2.75) is 19.2 Å². The summed E-state index contributed by atoms with van der Waals surface area (Å²) in [6, 6.07) is 12.2. The molecule has 3 aromatic rings. The van der Waals surface area contributed by atoms with Crippen LogP contribution in [0.3, 0.4) is 0 Å². The van der Waals surface area contributed by atoms with Crippen molar-refractivity contribution in [3.8, 4) is 5.75 Å². The van der Waals surface area contributed by atoms with Crippen molar-refractivity contribution in [3.63, 3.8) is 0 Å². The summed E-state index contributed by atoms with van der Waals surface area (Å²) >= 11 is 0. The monoisotopic (exact) mass is 544 g/mol. The van der Waals surface area contributed by atoms with Crippen molar-refractivity contribution in [1.82, 2.24) is 15.6 Å². The van der Waals surface area contributed by atoms with E-state index < -0.39 is 23.0 Å². The van der Waals surface area contributed by atoms with Gasteiger partial charge in [0.05, 0.1) is 5.56 Å². The van der Waals surface area contributed by atoms with E-state index in [9.17, 15) is 18.4 Å². The first-order valence-electron chi connectivity index (χ1n) is 9.94. The molecule has 0 aliphatic carbocycles. The van der Waals surface area contributed by atoms with Crippen molar-refractivity contribution in [2.75, 3.05) is 6.54 Å². The minimum Gasteiger partial charge on any atom is -0.667 e. The molecule has 1 aromatic heterocycles. The van der Waals surface area contributed by atoms with Crippen molar-refractivity contribution >= 4 is 5.91 Å². The Morgan fingerprint density at radius 3 is 2.44 bits per heavy atom. The molecule has 1 amide bonds. The van der Waals surface area contributed by atoms with Crippen LogP contribution >= 0.6 is 0 Å². The Hall–Kier alpha value is -2.46. The van der Waals surface area contributed by atoms with Gasteiger partial charge in [-0.2, -0.15) is 6.20 Å². The molecule has 1 heterocycles. The molecule has 34 heavy (non-hydrogen) atoms. The van der Waals surface area contributed by atoms with Gasteiger partial charge in [0.15, 0.2) is 0 Å². The number of benzene rings is 2. The molecule has 0 radical (unpaired) electrons. The van der Waals surface area contributed by atoms with Crippen LogP contribution in [0.1, 0.15) is 21.5 Å². The number of carbonyl (C=O) groups is 1. The van der Waals surface area contributed by atoms with Gasteiger partial charge < -0.3 is 33.0 Å². The first kappa shape index (κ1) is 29.6. The van der Waals surface area contributed by atoms with Crippen molar-refractivity contribution in [2.24, 2.45) is 5.73 Å². The number of nitrogens with zero attached hydrogens (tertiary/aromatic N) is 1. The fourth-order valence-corrected chi connectivity index (χ4v) is 2.55. The van der Waals surface area contributed by atoms with Crippen LogP contribution in [0.15, 0.2) is 65.7 Å². The maximum atomic E-state index is 13.6. The first-order chi connectivity index (χ1) is 15.8. The fraction of sp³-hybridized carbons (Fsp3) is 0.167. The minimum absolute atomic E-state index is 0. The maximum absolute atomic E-state index is 13.6. The molecule has 2 aromatic carbocycles. The zero-order chi connectivity index (χ0) is 24.2. The molecule has 0 bridgehead atoms. The summed E-state index contributed by atoms with van der Waals surface area (Å²) in [6.45, 7) is 4.15. The molecule has 0 aliphatic rings.